The van der Waals surface area contributed by atoms with Gasteiger partial charge in [0.05, 0.1) is 29.7 Å². The van der Waals surface area contributed by atoms with Crippen LogP contribution in [0.1, 0.15) is 53.5 Å². The van der Waals surface area contributed by atoms with Crippen molar-refractivity contribution in [2.45, 2.75) is 77.2 Å². The minimum atomic E-state index is -2.80. The molecule has 1 aromatic carbocycles. The third kappa shape index (κ3) is 5.41. The molecular weight excluding hydrogens is 512 g/mol. The maximum Gasteiger partial charge on any atom is 0.414 e. The number of rotatable bonds is 3. The van der Waals surface area contributed by atoms with Crippen molar-refractivity contribution in [2.24, 2.45) is 0 Å². The first-order chi connectivity index (χ1) is 18.2. The highest BCUT2D eigenvalue weighted by molar-refractivity contribution is 6.03. The topological polar surface area (TPSA) is 97.2 Å². The molecule has 1 saturated heterocycles. The van der Waals surface area contributed by atoms with Crippen LogP contribution in [0.2, 0.25) is 0 Å². The Morgan fingerprint density at radius 1 is 1.03 bits per heavy atom. The fraction of sp³-hybridized carbons (Fsp3) is 0.556. The molecule has 3 amide bonds. The van der Waals surface area contributed by atoms with E-state index < -0.39 is 36.6 Å². The summed E-state index contributed by atoms with van der Waals surface area (Å²) in [5.74, 6) is -2.98. The summed E-state index contributed by atoms with van der Waals surface area (Å²) in [5, 5.41) is 4.47. The number of alkyl halides is 2. The zero-order valence-electron chi connectivity index (χ0n) is 22.7. The third-order valence-corrected chi connectivity index (χ3v) is 7.12. The van der Waals surface area contributed by atoms with Crippen LogP contribution < -0.4 is 9.80 Å². The van der Waals surface area contributed by atoms with Gasteiger partial charge in [-0.2, -0.15) is 5.10 Å². The van der Waals surface area contributed by atoms with Crippen molar-refractivity contribution in [1.29, 1.82) is 0 Å². The van der Waals surface area contributed by atoms with E-state index in [1.165, 1.54) is 11.8 Å². The lowest BCUT2D eigenvalue weighted by Crippen LogP contribution is -2.53. The molecule has 1 aliphatic carbocycles. The number of anilines is 2. The maximum absolute atomic E-state index is 13.3. The second-order valence-electron chi connectivity index (χ2n) is 11.6. The normalized spacial score (nSPS) is 21.1. The lowest BCUT2D eigenvalue weighted by atomic mass is 9.91. The average Bonchev–Trinajstić information content (AvgIpc) is 3.24. The molecule has 1 saturated carbocycles. The summed E-state index contributed by atoms with van der Waals surface area (Å²) >= 11 is 0. The smallest absolute Gasteiger partial charge is 0.414 e. The van der Waals surface area contributed by atoms with Crippen LogP contribution in [0.5, 0.6) is 0 Å². The molecule has 1 atom stereocenters. The summed E-state index contributed by atoms with van der Waals surface area (Å²) in [6.45, 7) is 9.87. The summed E-state index contributed by atoms with van der Waals surface area (Å²) in [6, 6.07) is 5.07. The van der Waals surface area contributed by atoms with Crippen molar-refractivity contribution < 1.29 is 32.6 Å². The molecule has 1 aromatic heterocycles. The molecule has 39 heavy (non-hydrogen) atoms. The standard InChI is InChI=1S/C27H33F2N5O5/c1-16-12-32(25(37)38-21-9-27(28,29)10-21)23-8-18(6-7-22(23)34(16)17(2)35)19-11-30-33(13-19)20-14-31(15-20)24(36)39-26(3,4)5/h6-8,11,13,16,20-21H,9-10,12,14-15H2,1-5H3. The van der Waals surface area contributed by atoms with Gasteiger partial charge >= 0.3 is 12.2 Å². The summed E-state index contributed by atoms with van der Waals surface area (Å²) in [7, 11) is 0. The first-order valence-electron chi connectivity index (χ1n) is 13.0. The Morgan fingerprint density at radius 3 is 2.33 bits per heavy atom. The fourth-order valence-electron chi connectivity index (χ4n) is 5.14. The Hall–Kier alpha value is -3.70. The minimum Gasteiger partial charge on any atom is -0.445 e. The number of nitrogens with zero attached hydrogens (tertiary/aromatic N) is 5. The number of ether oxygens (including phenoxy) is 2. The largest absolute Gasteiger partial charge is 0.445 e. The number of amides is 3. The van der Waals surface area contributed by atoms with Crippen molar-refractivity contribution in [1.82, 2.24) is 14.7 Å². The zero-order valence-corrected chi connectivity index (χ0v) is 22.7. The van der Waals surface area contributed by atoms with E-state index in [9.17, 15) is 23.2 Å². The van der Waals surface area contributed by atoms with Crippen molar-refractivity contribution >= 4 is 29.5 Å². The molecular formula is C27H33F2N5O5. The van der Waals surface area contributed by atoms with Crippen LogP contribution in [0.4, 0.5) is 29.7 Å². The van der Waals surface area contributed by atoms with Gasteiger partial charge in [-0.15, -0.1) is 0 Å². The lowest BCUT2D eigenvalue weighted by molar-refractivity contribution is -0.143. The van der Waals surface area contributed by atoms with Crippen LogP contribution in [0.15, 0.2) is 30.6 Å². The van der Waals surface area contributed by atoms with E-state index in [0.29, 0.717) is 24.5 Å². The Labute approximate surface area is 225 Å². The quantitative estimate of drug-likeness (QED) is 0.548. The second kappa shape index (κ2) is 9.49. The van der Waals surface area contributed by atoms with Crippen LogP contribution in [0.25, 0.3) is 11.1 Å². The van der Waals surface area contributed by atoms with Crippen molar-refractivity contribution in [2.75, 3.05) is 29.4 Å². The van der Waals surface area contributed by atoms with Crippen LogP contribution in [-0.2, 0) is 14.3 Å². The predicted octanol–water partition coefficient (Wildman–Crippen LogP) is 4.84. The summed E-state index contributed by atoms with van der Waals surface area (Å²) < 4.78 is 39.2. The van der Waals surface area contributed by atoms with Gasteiger partial charge < -0.3 is 19.3 Å². The number of aromatic nitrogens is 2. The molecule has 12 heteroatoms. The van der Waals surface area contributed by atoms with Crippen LogP contribution in [-0.4, -0.2) is 76.1 Å². The van der Waals surface area contributed by atoms with Crippen LogP contribution in [0, 0.1) is 0 Å². The van der Waals surface area contributed by atoms with Gasteiger partial charge in [0.1, 0.15) is 11.7 Å². The minimum absolute atomic E-state index is 0.00466. The molecule has 0 N–H and O–H groups in total. The SMILES string of the molecule is CC(=O)N1c2ccc(-c3cnn(C4CN(C(=O)OC(C)(C)C)C4)c3)cc2N(C(=O)OC2CC(F)(F)C2)CC1C. The monoisotopic (exact) mass is 545 g/mol. The van der Waals surface area contributed by atoms with Crippen molar-refractivity contribution in [3.8, 4) is 11.1 Å². The molecule has 210 valence electrons. The number of carbonyl (C=O) groups is 3. The van der Waals surface area contributed by atoms with E-state index in [2.05, 4.69) is 5.10 Å². The van der Waals surface area contributed by atoms with Crippen LogP contribution >= 0.6 is 0 Å². The van der Waals surface area contributed by atoms with E-state index in [0.717, 1.165) is 11.1 Å². The number of fused-ring (bicyclic) bond motifs is 1. The Morgan fingerprint density at radius 2 is 1.72 bits per heavy atom. The summed E-state index contributed by atoms with van der Waals surface area (Å²) in [6.07, 6.45) is 0.693. The highest BCUT2D eigenvalue weighted by atomic mass is 19.3. The molecule has 0 spiro atoms. The van der Waals surface area contributed by atoms with Crippen molar-refractivity contribution in [3.05, 3.63) is 30.6 Å². The van der Waals surface area contributed by atoms with Gasteiger partial charge in [-0.05, 0) is 45.4 Å². The number of carbonyl (C=O) groups excluding carboxylic acids is 3. The fourth-order valence-corrected chi connectivity index (χ4v) is 5.14. The highest BCUT2D eigenvalue weighted by Gasteiger charge is 2.48. The van der Waals surface area contributed by atoms with Gasteiger partial charge in [0.15, 0.2) is 0 Å². The first kappa shape index (κ1) is 26.9. The van der Waals surface area contributed by atoms with E-state index >= 15 is 0 Å². The molecule has 2 aliphatic heterocycles. The molecule has 2 fully saturated rings. The summed E-state index contributed by atoms with van der Waals surface area (Å²) in [5.41, 5.74) is 1.99. The highest BCUT2D eigenvalue weighted by Crippen LogP contribution is 2.42. The number of halogens is 2. The van der Waals surface area contributed by atoms with E-state index in [1.54, 1.807) is 32.8 Å². The molecule has 0 radical (unpaired) electrons. The first-order valence-corrected chi connectivity index (χ1v) is 13.0. The zero-order chi connectivity index (χ0) is 28.3. The van der Waals surface area contributed by atoms with Gasteiger partial charge in [0.2, 0.25) is 5.91 Å². The third-order valence-electron chi connectivity index (χ3n) is 7.12. The molecule has 1 unspecified atom stereocenters. The molecule has 5 rings (SSSR count). The number of hydrogen-bond donors (Lipinski definition) is 0. The van der Waals surface area contributed by atoms with Crippen molar-refractivity contribution in [3.63, 3.8) is 0 Å². The number of hydrogen-bond acceptors (Lipinski definition) is 6. The van der Waals surface area contributed by atoms with Gasteiger partial charge in [0, 0.05) is 51.2 Å². The Bertz CT molecular complexity index is 1290. The van der Waals surface area contributed by atoms with Crippen LogP contribution in [0.3, 0.4) is 0 Å². The average molecular weight is 546 g/mol. The van der Waals surface area contributed by atoms with Gasteiger partial charge in [-0.3, -0.25) is 14.4 Å². The lowest BCUT2D eigenvalue weighted by Gasteiger charge is -2.42. The van der Waals surface area contributed by atoms with E-state index in [1.807, 2.05) is 40.0 Å². The maximum atomic E-state index is 13.3. The van der Waals surface area contributed by atoms with Gasteiger partial charge in [-0.1, -0.05) is 6.07 Å². The number of likely N-dealkylation sites (tertiary alicyclic amines) is 1. The van der Waals surface area contributed by atoms with Gasteiger partial charge in [-0.25, -0.2) is 18.4 Å². The molecule has 0 bridgehead atoms. The number of benzene rings is 1. The molecule has 3 heterocycles. The Balaban J connectivity index is 1.35. The molecule has 10 nitrogen and oxygen atoms in total. The second-order valence-corrected chi connectivity index (χ2v) is 11.6. The molecule has 2 aromatic rings. The predicted molar refractivity (Wildman–Crippen MR) is 139 cm³/mol. The Kier molecular flexibility index (Phi) is 6.54. The summed E-state index contributed by atoms with van der Waals surface area (Å²) in [4.78, 5) is 42.4. The molecule has 3 aliphatic rings. The van der Waals surface area contributed by atoms with E-state index in [4.69, 9.17) is 9.47 Å². The van der Waals surface area contributed by atoms with Gasteiger partial charge in [0.25, 0.3) is 5.92 Å². The van der Waals surface area contributed by atoms with E-state index in [-0.39, 0.29) is 30.6 Å².